The summed E-state index contributed by atoms with van der Waals surface area (Å²) in [5.74, 6) is 0. The first-order chi connectivity index (χ1) is 6.83. The maximum atomic E-state index is 3.84. The van der Waals surface area contributed by atoms with Gasteiger partial charge in [-0.15, -0.1) is 30.6 Å². The molecule has 0 atom stereocenters. The Morgan fingerprint density at radius 2 is 1.40 bits per heavy atom. The fraction of sp³-hybridized carbons (Fsp3) is 0.250. The molecule has 0 amide bonds. The Hall–Kier alpha value is 2.05. The Labute approximate surface area is 131 Å². The lowest BCUT2D eigenvalue weighted by molar-refractivity contribution is 1.13. The summed E-state index contributed by atoms with van der Waals surface area (Å²) in [6, 6.07) is 11.7. The predicted molar refractivity (Wildman–Crippen MR) is 91.1 cm³/mol. The third-order valence-corrected chi connectivity index (χ3v) is 67.0. The van der Waals surface area contributed by atoms with Crippen LogP contribution >= 0.6 is 76.5 Å². The molecular formula is C8H9Br5Si2. The average molecular weight is 561 g/mol. The molecule has 0 saturated carbocycles. The highest BCUT2D eigenvalue weighted by molar-refractivity contribution is 9.81. The van der Waals surface area contributed by atoms with Crippen molar-refractivity contribution in [2.45, 2.75) is 12.5 Å². The lowest BCUT2D eigenvalue weighted by Crippen LogP contribution is -2.40. The van der Waals surface area contributed by atoms with Crippen LogP contribution in [0.5, 0.6) is 0 Å². The van der Waals surface area contributed by atoms with Gasteiger partial charge in [-0.2, -0.15) is 0 Å². The van der Waals surface area contributed by atoms with Gasteiger partial charge in [-0.05, 0) is 18.0 Å². The molecule has 15 heavy (non-hydrogen) atoms. The zero-order valence-corrected chi connectivity index (χ0v) is 17.6. The Morgan fingerprint density at radius 3 is 1.87 bits per heavy atom. The number of rotatable bonds is 4. The smallest absolute Gasteiger partial charge is 0.111 e. The van der Waals surface area contributed by atoms with Crippen LogP contribution in [0.4, 0.5) is 0 Å². The van der Waals surface area contributed by atoms with Crippen molar-refractivity contribution >= 4 is 84.7 Å². The van der Waals surface area contributed by atoms with Crippen LogP contribution in [0.1, 0.15) is 5.56 Å². The zero-order chi connectivity index (χ0) is 11.5. The van der Waals surface area contributed by atoms with E-state index in [0.29, 0.717) is 0 Å². The van der Waals surface area contributed by atoms with Crippen molar-refractivity contribution in [3.05, 3.63) is 35.9 Å². The van der Waals surface area contributed by atoms with E-state index >= 15 is 0 Å². The van der Waals surface area contributed by atoms with Crippen LogP contribution in [0.3, 0.4) is 0 Å². The monoisotopic (exact) mass is 556 g/mol. The normalized spacial score (nSPS) is 12.9. The summed E-state index contributed by atoms with van der Waals surface area (Å²) >= 11 is 18.8. The van der Waals surface area contributed by atoms with Crippen LogP contribution in [0.15, 0.2) is 30.3 Å². The molecule has 7 heteroatoms. The molecular weight excluding hydrogens is 552 g/mol. The first-order valence-electron chi connectivity index (χ1n) is 4.31. The second-order valence-corrected chi connectivity index (χ2v) is 53.5. The molecule has 0 radical (unpaired) electrons. The van der Waals surface area contributed by atoms with Gasteiger partial charge in [0.25, 0.3) is 3.45 Å². The SMILES string of the molecule is Br[Si](Br)(Br)[Si](Br)(Br)CCc1ccccc1. The van der Waals surface area contributed by atoms with Gasteiger partial charge in [0.1, 0.15) is 0 Å². The lowest BCUT2D eigenvalue weighted by Gasteiger charge is -2.24. The van der Waals surface area contributed by atoms with Gasteiger partial charge in [-0.1, -0.05) is 76.2 Å². The molecule has 1 aromatic rings. The summed E-state index contributed by atoms with van der Waals surface area (Å²) in [4.78, 5) is -1.57. The zero-order valence-electron chi connectivity index (χ0n) is 7.69. The molecule has 84 valence electrons. The van der Waals surface area contributed by atoms with E-state index in [2.05, 4.69) is 107 Å². The van der Waals surface area contributed by atoms with E-state index in [1.807, 2.05) is 0 Å². The van der Waals surface area contributed by atoms with Crippen molar-refractivity contribution in [3.8, 4) is 0 Å². The summed E-state index contributed by atoms with van der Waals surface area (Å²) < 4.78 is -1.63. The first kappa shape index (κ1) is 15.1. The van der Waals surface area contributed by atoms with Crippen LogP contribution in [0.25, 0.3) is 0 Å². The molecule has 0 fully saturated rings. The standard InChI is InChI=1S/C8H9Br5Si2/c9-14(10,15(11,12)13)7-6-8-4-2-1-3-5-8/h1-5H,6-7H2. The maximum absolute atomic E-state index is 3.84. The number of halogens is 5. The van der Waals surface area contributed by atoms with Crippen molar-refractivity contribution in [2.24, 2.45) is 0 Å². The Bertz CT molecular complexity index is 309. The summed E-state index contributed by atoms with van der Waals surface area (Å²) in [5, 5.41) is 0. The van der Waals surface area contributed by atoms with E-state index in [-0.39, 0.29) is 0 Å². The molecule has 0 aromatic heterocycles. The first-order valence-corrected chi connectivity index (χ1v) is 20.8. The minimum Gasteiger partial charge on any atom is -0.111 e. The molecule has 0 aliphatic carbocycles. The number of benzene rings is 1. The summed E-state index contributed by atoms with van der Waals surface area (Å²) in [7, 11) is 0. The number of hydrogen-bond acceptors (Lipinski definition) is 0. The van der Waals surface area contributed by atoms with Gasteiger partial charge < -0.3 is 0 Å². The number of aryl methyl sites for hydroxylation is 1. The minimum atomic E-state index is -1.63. The molecule has 0 aliphatic heterocycles. The largest absolute Gasteiger partial charge is 0.278 e. The predicted octanol–water partition coefficient (Wildman–Crippen LogP) is 5.66. The summed E-state index contributed by atoms with van der Waals surface area (Å²) in [5.41, 5.74) is 1.39. The van der Waals surface area contributed by atoms with Gasteiger partial charge in [0.05, 0.1) is 0 Å². The van der Waals surface area contributed by atoms with Crippen molar-refractivity contribution < 1.29 is 0 Å². The van der Waals surface area contributed by atoms with Crippen LogP contribution < -0.4 is 0 Å². The van der Waals surface area contributed by atoms with Gasteiger partial charge in [0.15, 0.2) is 0 Å². The third-order valence-electron chi connectivity index (χ3n) is 1.99. The van der Waals surface area contributed by atoms with Crippen molar-refractivity contribution in [1.29, 1.82) is 0 Å². The van der Waals surface area contributed by atoms with E-state index in [1.165, 1.54) is 5.56 Å². The van der Waals surface area contributed by atoms with Gasteiger partial charge in [-0.25, -0.2) is 0 Å². The van der Waals surface area contributed by atoms with Crippen LogP contribution in [0.2, 0.25) is 6.04 Å². The fourth-order valence-electron chi connectivity index (χ4n) is 1.09. The Kier molecular flexibility index (Phi) is 6.33. The summed E-state index contributed by atoms with van der Waals surface area (Å²) in [6.07, 6.45) is 1.10. The lowest BCUT2D eigenvalue weighted by atomic mass is 10.2. The molecule has 1 rings (SSSR count). The highest BCUT2D eigenvalue weighted by atomic mass is 80.0. The highest BCUT2D eigenvalue weighted by Gasteiger charge is 2.48. The van der Waals surface area contributed by atoms with Crippen molar-refractivity contribution in [1.82, 2.24) is 0 Å². The molecule has 0 nitrogen and oxygen atoms in total. The minimum absolute atomic E-state index is 1.10. The van der Waals surface area contributed by atoms with Crippen LogP contribution in [0, 0.1) is 0 Å². The van der Waals surface area contributed by atoms with E-state index in [9.17, 15) is 0 Å². The Morgan fingerprint density at radius 1 is 0.867 bits per heavy atom. The van der Waals surface area contributed by atoms with E-state index in [0.717, 1.165) is 12.5 Å². The third kappa shape index (κ3) is 5.05. The van der Waals surface area contributed by atoms with Crippen molar-refractivity contribution in [2.75, 3.05) is 0 Å². The second kappa shape index (κ2) is 6.29. The van der Waals surface area contributed by atoms with Gasteiger partial charge in [0.2, 0.25) is 4.83 Å². The molecule has 0 aliphatic rings. The average Bonchev–Trinajstić information content (AvgIpc) is 2.15. The second-order valence-electron chi connectivity index (χ2n) is 3.19. The molecule has 0 spiro atoms. The fourth-order valence-corrected chi connectivity index (χ4v) is 9.74. The van der Waals surface area contributed by atoms with Gasteiger partial charge >= 0.3 is 0 Å². The molecule has 0 unspecified atom stereocenters. The quantitative estimate of drug-likeness (QED) is 0.329. The van der Waals surface area contributed by atoms with Crippen LogP contribution in [-0.4, -0.2) is 8.28 Å². The topological polar surface area (TPSA) is 0 Å². The van der Waals surface area contributed by atoms with E-state index < -0.39 is 8.28 Å². The van der Waals surface area contributed by atoms with Gasteiger partial charge in [0, 0.05) is 0 Å². The molecule has 0 N–H and O–H groups in total. The van der Waals surface area contributed by atoms with E-state index in [1.54, 1.807) is 0 Å². The molecule has 0 saturated heterocycles. The molecule has 0 bridgehead atoms. The van der Waals surface area contributed by atoms with Crippen molar-refractivity contribution in [3.63, 3.8) is 0 Å². The molecule has 0 heterocycles. The van der Waals surface area contributed by atoms with Gasteiger partial charge in [-0.3, -0.25) is 0 Å². The molecule has 1 aromatic carbocycles. The number of hydrogen-bond donors (Lipinski definition) is 0. The highest BCUT2D eigenvalue weighted by Crippen LogP contribution is 2.47. The van der Waals surface area contributed by atoms with Crippen LogP contribution in [-0.2, 0) is 6.42 Å². The summed E-state index contributed by atoms with van der Waals surface area (Å²) in [6.45, 7) is 0. The maximum Gasteiger partial charge on any atom is 0.278 e. The van der Waals surface area contributed by atoms with E-state index in [4.69, 9.17) is 0 Å². The Balaban J connectivity index is 2.58.